The second-order valence-corrected chi connectivity index (χ2v) is 5.66. The molecule has 0 amide bonds. The summed E-state index contributed by atoms with van der Waals surface area (Å²) < 4.78 is 0. The minimum atomic E-state index is 0.406. The highest BCUT2D eigenvalue weighted by molar-refractivity contribution is 5.62. The summed E-state index contributed by atoms with van der Waals surface area (Å²) in [7, 11) is 2.11. The third-order valence-corrected chi connectivity index (χ3v) is 3.90. The van der Waals surface area contributed by atoms with Crippen molar-refractivity contribution >= 4 is 11.4 Å². The van der Waals surface area contributed by atoms with Gasteiger partial charge in [0.05, 0.1) is 0 Å². The molecule has 0 aliphatic rings. The van der Waals surface area contributed by atoms with E-state index in [1.165, 1.54) is 28.9 Å². The average Bonchev–Trinajstić information content (AvgIpc) is 2.53. The number of rotatable bonds is 6. The van der Waals surface area contributed by atoms with Crippen LogP contribution in [-0.4, -0.2) is 13.6 Å². The van der Waals surface area contributed by atoms with Crippen molar-refractivity contribution < 1.29 is 0 Å². The number of hydrogen-bond donors (Lipinski definition) is 1. The maximum atomic E-state index is 3.52. The van der Waals surface area contributed by atoms with Gasteiger partial charge in [-0.25, -0.2) is 0 Å². The molecule has 2 rings (SSSR count). The van der Waals surface area contributed by atoms with Crippen LogP contribution < -0.4 is 10.2 Å². The quantitative estimate of drug-likeness (QED) is 0.817. The van der Waals surface area contributed by atoms with E-state index in [1.54, 1.807) is 0 Å². The number of aryl methyl sites for hydroxylation is 1. The summed E-state index contributed by atoms with van der Waals surface area (Å²) in [4.78, 5) is 2.22. The Morgan fingerprint density at radius 2 is 1.48 bits per heavy atom. The topological polar surface area (TPSA) is 15.3 Å². The summed E-state index contributed by atoms with van der Waals surface area (Å²) in [6, 6.07) is 17.8. The van der Waals surface area contributed by atoms with E-state index >= 15 is 0 Å². The molecule has 0 bridgehead atoms. The van der Waals surface area contributed by atoms with Crippen molar-refractivity contribution in [2.45, 2.75) is 33.2 Å². The second kappa shape index (κ2) is 7.28. The van der Waals surface area contributed by atoms with Crippen LogP contribution in [0.3, 0.4) is 0 Å². The van der Waals surface area contributed by atoms with Crippen LogP contribution in [0.5, 0.6) is 0 Å². The first-order valence-electron chi connectivity index (χ1n) is 7.75. The second-order valence-electron chi connectivity index (χ2n) is 5.66. The van der Waals surface area contributed by atoms with Crippen LogP contribution in [0.2, 0.25) is 0 Å². The molecule has 2 aromatic carbocycles. The summed E-state index contributed by atoms with van der Waals surface area (Å²) in [6.07, 6.45) is 1.17. The Labute approximate surface area is 128 Å². The molecular weight excluding hydrogens is 256 g/mol. The monoisotopic (exact) mass is 282 g/mol. The zero-order valence-electron chi connectivity index (χ0n) is 13.6. The van der Waals surface area contributed by atoms with Crippen LogP contribution in [0.4, 0.5) is 11.4 Å². The molecule has 21 heavy (non-hydrogen) atoms. The first-order chi connectivity index (χ1) is 10.1. The minimum absolute atomic E-state index is 0.406. The van der Waals surface area contributed by atoms with Gasteiger partial charge < -0.3 is 10.2 Å². The Bertz CT molecular complexity index is 543. The van der Waals surface area contributed by atoms with E-state index in [0.29, 0.717) is 6.04 Å². The van der Waals surface area contributed by atoms with Crippen LogP contribution in [0.15, 0.2) is 48.5 Å². The number of benzene rings is 2. The predicted molar refractivity (Wildman–Crippen MR) is 92.4 cm³/mol. The van der Waals surface area contributed by atoms with Crippen molar-refractivity contribution in [2.24, 2.45) is 0 Å². The van der Waals surface area contributed by atoms with Crippen molar-refractivity contribution in [3.05, 3.63) is 59.7 Å². The molecule has 112 valence electrons. The molecule has 2 aromatic rings. The molecule has 2 heteroatoms. The molecule has 0 aliphatic heterocycles. The fraction of sp³-hybridized carbons (Fsp3) is 0.368. The standard InChI is InChI=1S/C19H26N2/c1-5-14-20-16(3)17-8-12-19(13-9-17)21(4)18-10-6-15(2)7-11-18/h6-13,16,20H,5,14H2,1-4H3. The van der Waals surface area contributed by atoms with E-state index in [0.717, 1.165) is 6.54 Å². The highest BCUT2D eigenvalue weighted by Crippen LogP contribution is 2.25. The molecule has 1 unspecified atom stereocenters. The Morgan fingerprint density at radius 1 is 0.952 bits per heavy atom. The number of hydrogen-bond acceptors (Lipinski definition) is 2. The molecular formula is C19H26N2. The lowest BCUT2D eigenvalue weighted by Crippen LogP contribution is -2.19. The molecule has 0 radical (unpaired) electrons. The third kappa shape index (κ3) is 4.08. The van der Waals surface area contributed by atoms with Crippen LogP contribution in [0.1, 0.15) is 37.4 Å². The van der Waals surface area contributed by atoms with E-state index in [2.05, 4.69) is 86.6 Å². The van der Waals surface area contributed by atoms with Gasteiger partial charge in [0.15, 0.2) is 0 Å². The molecule has 1 N–H and O–H groups in total. The molecule has 0 fully saturated rings. The molecule has 0 aliphatic carbocycles. The Hall–Kier alpha value is -1.80. The average molecular weight is 282 g/mol. The molecule has 0 heterocycles. The summed E-state index contributed by atoms with van der Waals surface area (Å²) in [6.45, 7) is 7.59. The summed E-state index contributed by atoms with van der Waals surface area (Å²) >= 11 is 0. The zero-order chi connectivity index (χ0) is 15.2. The van der Waals surface area contributed by atoms with Crippen molar-refractivity contribution in [3.8, 4) is 0 Å². The fourth-order valence-electron chi connectivity index (χ4n) is 2.38. The highest BCUT2D eigenvalue weighted by Gasteiger charge is 2.07. The normalized spacial score (nSPS) is 12.2. The first kappa shape index (κ1) is 15.6. The maximum absolute atomic E-state index is 3.52. The van der Waals surface area contributed by atoms with Gasteiger partial charge in [-0.15, -0.1) is 0 Å². The SMILES string of the molecule is CCCNC(C)c1ccc(N(C)c2ccc(C)cc2)cc1. The van der Waals surface area contributed by atoms with Crippen molar-refractivity contribution in [2.75, 3.05) is 18.5 Å². The lowest BCUT2D eigenvalue weighted by molar-refractivity contribution is 0.571. The molecule has 0 saturated heterocycles. The summed E-state index contributed by atoms with van der Waals surface area (Å²) in [5.74, 6) is 0. The Morgan fingerprint density at radius 3 is 2.00 bits per heavy atom. The van der Waals surface area contributed by atoms with Gasteiger partial charge >= 0.3 is 0 Å². The molecule has 2 nitrogen and oxygen atoms in total. The van der Waals surface area contributed by atoms with E-state index in [4.69, 9.17) is 0 Å². The highest BCUT2D eigenvalue weighted by atomic mass is 15.1. The van der Waals surface area contributed by atoms with E-state index in [-0.39, 0.29) is 0 Å². The van der Waals surface area contributed by atoms with Gasteiger partial charge in [-0.05, 0) is 56.6 Å². The first-order valence-corrected chi connectivity index (χ1v) is 7.75. The Kier molecular flexibility index (Phi) is 5.40. The largest absolute Gasteiger partial charge is 0.345 e. The minimum Gasteiger partial charge on any atom is -0.345 e. The lowest BCUT2D eigenvalue weighted by atomic mass is 10.1. The van der Waals surface area contributed by atoms with Crippen molar-refractivity contribution in [3.63, 3.8) is 0 Å². The fourth-order valence-corrected chi connectivity index (χ4v) is 2.38. The number of nitrogens with zero attached hydrogens (tertiary/aromatic N) is 1. The number of nitrogens with one attached hydrogen (secondary N) is 1. The smallest absolute Gasteiger partial charge is 0.0408 e. The van der Waals surface area contributed by atoms with Gasteiger partial charge in [-0.3, -0.25) is 0 Å². The molecule has 0 spiro atoms. The van der Waals surface area contributed by atoms with Crippen molar-refractivity contribution in [1.29, 1.82) is 0 Å². The van der Waals surface area contributed by atoms with Gasteiger partial charge in [0.2, 0.25) is 0 Å². The molecule has 1 atom stereocenters. The van der Waals surface area contributed by atoms with Crippen LogP contribution in [-0.2, 0) is 0 Å². The van der Waals surface area contributed by atoms with Gasteiger partial charge in [0.25, 0.3) is 0 Å². The van der Waals surface area contributed by atoms with Crippen LogP contribution >= 0.6 is 0 Å². The Balaban J connectivity index is 2.09. The van der Waals surface area contributed by atoms with E-state index < -0.39 is 0 Å². The predicted octanol–water partition coefficient (Wildman–Crippen LogP) is 4.82. The maximum Gasteiger partial charge on any atom is 0.0408 e. The van der Waals surface area contributed by atoms with Gasteiger partial charge in [-0.1, -0.05) is 36.8 Å². The molecule has 0 aromatic heterocycles. The van der Waals surface area contributed by atoms with Gasteiger partial charge in [0, 0.05) is 24.5 Å². The lowest BCUT2D eigenvalue weighted by Gasteiger charge is -2.21. The third-order valence-electron chi connectivity index (χ3n) is 3.90. The summed E-state index contributed by atoms with van der Waals surface area (Å²) in [5.41, 5.74) is 5.05. The van der Waals surface area contributed by atoms with Gasteiger partial charge in [0.1, 0.15) is 0 Å². The zero-order valence-corrected chi connectivity index (χ0v) is 13.6. The van der Waals surface area contributed by atoms with Crippen LogP contribution in [0, 0.1) is 6.92 Å². The molecule has 0 saturated carbocycles. The summed E-state index contributed by atoms with van der Waals surface area (Å²) in [5, 5.41) is 3.52. The number of anilines is 2. The van der Waals surface area contributed by atoms with Crippen molar-refractivity contribution in [1.82, 2.24) is 5.32 Å². The van der Waals surface area contributed by atoms with Crippen LogP contribution in [0.25, 0.3) is 0 Å². The van der Waals surface area contributed by atoms with Gasteiger partial charge in [-0.2, -0.15) is 0 Å². The van der Waals surface area contributed by atoms with E-state index in [1.807, 2.05) is 0 Å². The van der Waals surface area contributed by atoms with E-state index in [9.17, 15) is 0 Å².